The molecule has 6 nitrogen and oxygen atoms in total. The van der Waals surface area contributed by atoms with Gasteiger partial charge in [0.05, 0.1) is 16.3 Å². The number of benzene rings is 2. The smallest absolute Gasteiger partial charge is 0.290 e. The Bertz CT molecular complexity index is 955. The summed E-state index contributed by atoms with van der Waals surface area (Å²) in [7, 11) is -4.25. The summed E-state index contributed by atoms with van der Waals surface area (Å²) in [4.78, 5) is 11.8. The van der Waals surface area contributed by atoms with Crippen molar-refractivity contribution in [3.8, 4) is 16.9 Å². The Balaban J connectivity index is 2.03. The van der Waals surface area contributed by atoms with Gasteiger partial charge in [0.25, 0.3) is 15.7 Å². The van der Waals surface area contributed by atoms with E-state index in [1.165, 1.54) is 35.0 Å². The van der Waals surface area contributed by atoms with Crippen LogP contribution < -0.4 is 5.56 Å². The largest absolute Gasteiger partial charge is 0.294 e. The molecule has 0 spiro atoms. The predicted octanol–water partition coefficient (Wildman–Crippen LogP) is 2.08. The molecular weight excluding hydrogens is 304 g/mol. The zero-order valence-corrected chi connectivity index (χ0v) is 12.1. The molecule has 0 atom stereocenters. The molecule has 1 aromatic heterocycles. The molecule has 22 heavy (non-hydrogen) atoms. The second-order valence-electron chi connectivity index (χ2n) is 4.68. The van der Waals surface area contributed by atoms with E-state index in [1.807, 2.05) is 30.3 Å². The van der Waals surface area contributed by atoms with Gasteiger partial charge in [-0.05, 0) is 29.8 Å². The van der Waals surface area contributed by atoms with Crippen molar-refractivity contribution in [3.63, 3.8) is 0 Å². The lowest BCUT2D eigenvalue weighted by Crippen LogP contribution is -2.13. The van der Waals surface area contributed by atoms with E-state index in [4.69, 9.17) is 4.55 Å². The van der Waals surface area contributed by atoms with Gasteiger partial charge in [-0.15, -0.1) is 0 Å². The third kappa shape index (κ3) is 2.72. The minimum Gasteiger partial charge on any atom is -0.290 e. The molecule has 0 amide bonds. The van der Waals surface area contributed by atoms with Crippen molar-refractivity contribution >= 4 is 10.1 Å². The molecule has 3 rings (SSSR count). The highest BCUT2D eigenvalue weighted by atomic mass is 32.2. The Kier molecular flexibility index (Phi) is 3.44. The molecule has 0 aliphatic carbocycles. The number of H-pyrrole nitrogens is 1. The molecule has 0 saturated heterocycles. The maximum Gasteiger partial charge on any atom is 0.294 e. The van der Waals surface area contributed by atoms with E-state index < -0.39 is 10.1 Å². The van der Waals surface area contributed by atoms with Gasteiger partial charge in [-0.1, -0.05) is 30.3 Å². The number of aromatic nitrogens is 2. The average molecular weight is 316 g/mol. The molecule has 0 bridgehead atoms. The summed E-state index contributed by atoms with van der Waals surface area (Å²) in [5.41, 5.74) is 1.73. The van der Waals surface area contributed by atoms with Crippen molar-refractivity contribution < 1.29 is 13.0 Å². The van der Waals surface area contributed by atoms with Crippen LogP contribution in [0.1, 0.15) is 0 Å². The topological polar surface area (TPSA) is 92.2 Å². The lowest BCUT2D eigenvalue weighted by Gasteiger charge is -2.03. The van der Waals surface area contributed by atoms with Crippen LogP contribution in [0.25, 0.3) is 16.9 Å². The monoisotopic (exact) mass is 316 g/mol. The van der Waals surface area contributed by atoms with Crippen LogP contribution in [-0.2, 0) is 10.1 Å². The van der Waals surface area contributed by atoms with Gasteiger partial charge < -0.3 is 0 Å². The maximum absolute atomic E-state index is 12.1. The van der Waals surface area contributed by atoms with Crippen LogP contribution >= 0.6 is 0 Å². The van der Waals surface area contributed by atoms with Crippen LogP contribution in [0.4, 0.5) is 0 Å². The van der Waals surface area contributed by atoms with Crippen molar-refractivity contribution in [3.05, 3.63) is 71.0 Å². The van der Waals surface area contributed by atoms with E-state index >= 15 is 0 Å². The molecule has 0 fully saturated rings. The number of hydrogen-bond acceptors (Lipinski definition) is 3. The van der Waals surface area contributed by atoms with Gasteiger partial charge in [0.15, 0.2) is 0 Å². The predicted molar refractivity (Wildman–Crippen MR) is 81.6 cm³/mol. The van der Waals surface area contributed by atoms with Crippen LogP contribution in [0, 0.1) is 0 Å². The summed E-state index contributed by atoms with van der Waals surface area (Å²) in [6.07, 6.45) is 0. The molecular formula is C15H12N2O4S. The van der Waals surface area contributed by atoms with Gasteiger partial charge in [0.2, 0.25) is 0 Å². The summed E-state index contributed by atoms with van der Waals surface area (Å²) in [5, 5.41) is 2.96. The summed E-state index contributed by atoms with van der Waals surface area (Å²) in [6, 6.07) is 16.2. The molecule has 0 unspecified atom stereocenters. The molecule has 0 saturated carbocycles. The second-order valence-corrected chi connectivity index (χ2v) is 6.10. The number of aromatic amines is 1. The maximum atomic E-state index is 12.1. The van der Waals surface area contributed by atoms with E-state index in [2.05, 4.69) is 5.10 Å². The van der Waals surface area contributed by atoms with Gasteiger partial charge in [-0.2, -0.15) is 8.42 Å². The first-order valence-corrected chi connectivity index (χ1v) is 7.84. The standard InChI is InChI=1S/C15H12N2O4S/c18-15-10-14(11-4-2-1-3-5-11)16-17(15)12-6-8-13(9-7-12)22(19,20)21/h1-10,16H,(H,19,20,21). The Labute approximate surface area is 126 Å². The average Bonchev–Trinajstić information content (AvgIpc) is 2.89. The molecule has 0 aliphatic heterocycles. The summed E-state index contributed by atoms with van der Waals surface area (Å²) in [5.74, 6) is 0. The molecule has 112 valence electrons. The van der Waals surface area contributed by atoms with E-state index in [0.717, 1.165) is 5.56 Å². The summed E-state index contributed by atoms with van der Waals surface area (Å²) >= 11 is 0. The fourth-order valence-corrected chi connectivity index (χ4v) is 2.60. The highest BCUT2D eigenvalue weighted by Crippen LogP contribution is 2.16. The van der Waals surface area contributed by atoms with Crippen LogP contribution in [-0.4, -0.2) is 22.8 Å². The van der Waals surface area contributed by atoms with E-state index in [0.29, 0.717) is 11.4 Å². The van der Waals surface area contributed by atoms with Crippen molar-refractivity contribution in [2.24, 2.45) is 0 Å². The molecule has 7 heteroatoms. The van der Waals surface area contributed by atoms with Gasteiger partial charge >= 0.3 is 0 Å². The van der Waals surface area contributed by atoms with Gasteiger partial charge in [-0.25, -0.2) is 4.68 Å². The fourth-order valence-electron chi connectivity index (χ4n) is 2.12. The fraction of sp³-hybridized carbons (Fsp3) is 0. The SMILES string of the molecule is O=c1cc(-c2ccccc2)[nH]n1-c1ccc(S(=O)(=O)O)cc1. The second kappa shape index (κ2) is 5.28. The van der Waals surface area contributed by atoms with Crippen LogP contribution in [0.3, 0.4) is 0 Å². The first kappa shape index (κ1) is 14.3. The quantitative estimate of drug-likeness (QED) is 0.724. The highest BCUT2D eigenvalue weighted by molar-refractivity contribution is 7.85. The molecule has 2 N–H and O–H groups in total. The van der Waals surface area contributed by atoms with Crippen LogP contribution in [0.2, 0.25) is 0 Å². The van der Waals surface area contributed by atoms with Crippen molar-refractivity contribution in [2.75, 3.05) is 0 Å². The number of nitrogens with one attached hydrogen (secondary N) is 1. The minimum absolute atomic E-state index is 0.223. The van der Waals surface area contributed by atoms with E-state index in [-0.39, 0.29) is 10.5 Å². The lowest BCUT2D eigenvalue weighted by molar-refractivity contribution is 0.483. The van der Waals surface area contributed by atoms with Gasteiger partial charge in [0.1, 0.15) is 0 Å². The molecule has 0 radical (unpaired) electrons. The van der Waals surface area contributed by atoms with E-state index in [1.54, 1.807) is 0 Å². The Hall–Kier alpha value is -2.64. The van der Waals surface area contributed by atoms with Crippen molar-refractivity contribution in [1.82, 2.24) is 9.78 Å². The third-order valence-corrected chi connectivity index (χ3v) is 4.07. The lowest BCUT2D eigenvalue weighted by atomic mass is 10.2. The third-order valence-electron chi connectivity index (χ3n) is 3.20. The summed E-state index contributed by atoms with van der Waals surface area (Å²) in [6.45, 7) is 0. The Morgan fingerprint density at radius 2 is 1.59 bits per heavy atom. The number of nitrogens with zero attached hydrogens (tertiary/aromatic N) is 1. The number of rotatable bonds is 3. The zero-order valence-electron chi connectivity index (χ0n) is 11.3. The summed E-state index contributed by atoms with van der Waals surface area (Å²) < 4.78 is 32.3. The molecule has 3 aromatic rings. The van der Waals surface area contributed by atoms with Crippen LogP contribution in [0.5, 0.6) is 0 Å². The molecule has 2 aromatic carbocycles. The molecule has 1 heterocycles. The zero-order chi connectivity index (χ0) is 15.7. The molecule has 0 aliphatic rings. The van der Waals surface area contributed by atoms with Crippen molar-refractivity contribution in [2.45, 2.75) is 4.90 Å². The van der Waals surface area contributed by atoms with Crippen molar-refractivity contribution in [1.29, 1.82) is 0 Å². The van der Waals surface area contributed by atoms with Gasteiger partial charge in [0, 0.05) is 6.07 Å². The van der Waals surface area contributed by atoms with Gasteiger partial charge in [-0.3, -0.25) is 14.4 Å². The highest BCUT2D eigenvalue weighted by Gasteiger charge is 2.11. The Morgan fingerprint density at radius 1 is 0.955 bits per heavy atom. The first-order valence-electron chi connectivity index (χ1n) is 6.40. The number of hydrogen-bond donors (Lipinski definition) is 2. The van der Waals surface area contributed by atoms with E-state index in [9.17, 15) is 13.2 Å². The Morgan fingerprint density at radius 3 is 2.18 bits per heavy atom. The minimum atomic E-state index is -4.25. The normalized spacial score (nSPS) is 11.5. The van der Waals surface area contributed by atoms with Crippen LogP contribution in [0.15, 0.2) is 70.4 Å². The first-order chi connectivity index (χ1) is 10.4.